The molecule has 0 aliphatic carbocycles. The first-order valence-corrected chi connectivity index (χ1v) is 11.0. The van der Waals surface area contributed by atoms with Crippen LogP contribution >= 0.6 is 23.2 Å². The third-order valence-corrected chi connectivity index (χ3v) is 5.46. The van der Waals surface area contributed by atoms with Crippen LogP contribution in [0.25, 0.3) is 0 Å². The van der Waals surface area contributed by atoms with E-state index in [0.29, 0.717) is 35.1 Å². The van der Waals surface area contributed by atoms with Crippen LogP contribution in [0.4, 0.5) is 0 Å². The van der Waals surface area contributed by atoms with E-state index in [1.54, 1.807) is 25.3 Å². The highest BCUT2D eigenvalue weighted by molar-refractivity contribution is 6.35. The second-order valence-electron chi connectivity index (χ2n) is 7.48. The summed E-state index contributed by atoms with van der Waals surface area (Å²) in [6.07, 6.45) is -0.345. The lowest BCUT2D eigenvalue weighted by molar-refractivity contribution is 0.0830. The number of carbonyl (C=O) groups is 1. The van der Waals surface area contributed by atoms with Gasteiger partial charge in [0, 0.05) is 28.7 Å². The molecule has 0 fully saturated rings. The maximum atomic E-state index is 12.8. The predicted molar refractivity (Wildman–Crippen MR) is 129 cm³/mol. The molecule has 3 N–H and O–H groups in total. The number of rotatable bonds is 10. The Labute approximate surface area is 198 Å². The fourth-order valence-electron chi connectivity index (χ4n) is 3.38. The number of aliphatic hydroxyl groups excluding tert-OH is 1. The first-order valence-electron chi connectivity index (χ1n) is 10.3. The molecule has 0 spiro atoms. The Morgan fingerprint density at radius 2 is 1.66 bits per heavy atom. The van der Waals surface area contributed by atoms with Gasteiger partial charge >= 0.3 is 0 Å². The highest BCUT2D eigenvalue weighted by Crippen LogP contribution is 2.19. The Balaban J connectivity index is 1.67. The van der Waals surface area contributed by atoms with E-state index in [4.69, 9.17) is 27.9 Å². The van der Waals surface area contributed by atoms with Crippen molar-refractivity contribution in [3.8, 4) is 5.75 Å². The van der Waals surface area contributed by atoms with E-state index in [2.05, 4.69) is 10.6 Å². The van der Waals surface area contributed by atoms with E-state index < -0.39 is 12.1 Å². The highest BCUT2D eigenvalue weighted by Gasteiger charge is 2.22. The van der Waals surface area contributed by atoms with Crippen LogP contribution in [0.3, 0.4) is 0 Å². The second kappa shape index (κ2) is 11.9. The third-order valence-electron chi connectivity index (χ3n) is 5.02. The van der Waals surface area contributed by atoms with Crippen LogP contribution in [0.5, 0.6) is 5.75 Å². The quantitative estimate of drug-likeness (QED) is 0.406. The van der Waals surface area contributed by atoms with E-state index in [-0.39, 0.29) is 5.91 Å². The zero-order chi connectivity index (χ0) is 22.9. The molecule has 0 aliphatic heterocycles. The minimum Gasteiger partial charge on any atom is -0.497 e. The van der Waals surface area contributed by atoms with Crippen LogP contribution < -0.4 is 15.4 Å². The molecule has 0 heterocycles. The average Bonchev–Trinajstić information content (AvgIpc) is 2.78. The van der Waals surface area contributed by atoms with Crippen molar-refractivity contribution in [1.82, 2.24) is 10.6 Å². The number of amides is 1. The smallest absolute Gasteiger partial charge is 0.251 e. The van der Waals surface area contributed by atoms with Crippen molar-refractivity contribution in [2.75, 3.05) is 13.7 Å². The molecule has 0 radical (unpaired) electrons. The Morgan fingerprint density at radius 1 is 0.969 bits per heavy atom. The lowest BCUT2D eigenvalue weighted by Crippen LogP contribution is -2.48. The van der Waals surface area contributed by atoms with Crippen molar-refractivity contribution in [2.45, 2.75) is 25.1 Å². The van der Waals surface area contributed by atoms with E-state index in [1.807, 2.05) is 54.6 Å². The van der Waals surface area contributed by atoms with Gasteiger partial charge in [-0.05, 0) is 47.9 Å². The molecule has 0 saturated carbocycles. The maximum absolute atomic E-state index is 12.8. The van der Waals surface area contributed by atoms with E-state index in [9.17, 15) is 9.90 Å². The predicted octanol–water partition coefficient (Wildman–Crippen LogP) is 4.49. The fourth-order valence-corrected chi connectivity index (χ4v) is 3.90. The number of aliphatic hydroxyl groups is 1. The largest absolute Gasteiger partial charge is 0.497 e. The van der Waals surface area contributed by atoms with Gasteiger partial charge in [-0.15, -0.1) is 0 Å². The molecule has 0 aliphatic rings. The molecule has 1 amide bonds. The molecule has 0 aromatic heterocycles. The summed E-state index contributed by atoms with van der Waals surface area (Å²) in [6.45, 7) is 0.857. The van der Waals surface area contributed by atoms with Gasteiger partial charge in [-0.25, -0.2) is 0 Å². The minimum absolute atomic E-state index is 0.297. The first-order chi connectivity index (χ1) is 15.4. The number of methoxy groups -OCH3 is 1. The van der Waals surface area contributed by atoms with E-state index in [1.165, 1.54) is 0 Å². The van der Waals surface area contributed by atoms with Crippen molar-refractivity contribution >= 4 is 29.1 Å². The number of nitrogens with one attached hydrogen (secondary N) is 2. The number of halogens is 2. The molecular weight excluding hydrogens is 447 g/mol. The molecule has 2 unspecified atom stereocenters. The molecule has 7 heteroatoms. The molecule has 5 nitrogen and oxygen atoms in total. The lowest BCUT2D eigenvalue weighted by Gasteiger charge is -2.25. The Bertz CT molecular complexity index is 1010. The normalized spacial score (nSPS) is 12.8. The number of hydrogen-bond donors (Lipinski definition) is 3. The van der Waals surface area contributed by atoms with Gasteiger partial charge in [0.2, 0.25) is 0 Å². The van der Waals surface area contributed by atoms with Gasteiger partial charge < -0.3 is 20.5 Å². The monoisotopic (exact) mass is 472 g/mol. The van der Waals surface area contributed by atoms with Crippen molar-refractivity contribution in [1.29, 1.82) is 0 Å². The Kier molecular flexibility index (Phi) is 8.94. The minimum atomic E-state index is -0.820. The van der Waals surface area contributed by atoms with Gasteiger partial charge in [-0.3, -0.25) is 4.79 Å². The summed E-state index contributed by atoms with van der Waals surface area (Å²) in [4.78, 5) is 12.8. The number of benzene rings is 3. The molecule has 0 bridgehead atoms. The first kappa shape index (κ1) is 24.1. The van der Waals surface area contributed by atoms with Crippen LogP contribution in [0.2, 0.25) is 10.0 Å². The van der Waals surface area contributed by atoms with Gasteiger partial charge in [0.1, 0.15) is 5.75 Å². The zero-order valence-corrected chi connectivity index (χ0v) is 19.2. The topological polar surface area (TPSA) is 70.6 Å². The Hall–Kier alpha value is -2.57. The van der Waals surface area contributed by atoms with Crippen molar-refractivity contribution in [2.24, 2.45) is 0 Å². The number of hydrogen-bond acceptors (Lipinski definition) is 4. The molecular formula is C25H26Cl2N2O3. The Morgan fingerprint density at radius 3 is 2.34 bits per heavy atom. The van der Waals surface area contributed by atoms with Gasteiger partial charge in [-0.1, -0.05) is 65.7 Å². The molecule has 0 saturated heterocycles. The zero-order valence-electron chi connectivity index (χ0n) is 17.7. The van der Waals surface area contributed by atoms with Gasteiger partial charge in [0.05, 0.1) is 19.3 Å². The third kappa shape index (κ3) is 7.24. The molecule has 3 aromatic carbocycles. The highest BCUT2D eigenvalue weighted by atomic mass is 35.5. The summed E-state index contributed by atoms with van der Waals surface area (Å²) < 4.78 is 5.25. The van der Waals surface area contributed by atoms with E-state index in [0.717, 1.165) is 16.9 Å². The summed E-state index contributed by atoms with van der Waals surface area (Å²) in [6, 6.07) is 21.6. The standard InChI is InChI=1S/C25H26Cl2N2O3/c1-32-22-9-5-8-18(10-22)15-28-16-24(30)23(11-17-6-3-2-4-7-17)29-25(31)19-12-20(26)14-21(27)13-19/h2-10,12-14,23-24,28,30H,11,15-16H2,1H3,(H,29,31). The summed E-state index contributed by atoms with van der Waals surface area (Å²) >= 11 is 12.1. The van der Waals surface area contributed by atoms with Crippen molar-refractivity contribution in [3.63, 3.8) is 0 Å². The van der Waals surface area contributed by atoms with Crippen LogP contribution in [0.15, 0.2) is 72.8 Å². The lowest BCUT2D eigenvalue weighted by atomic mass is 10.0. The van der Waals surface area contributed by atoms with Crippen LogP contribution in [0.1, 0.15) is 21.5 Å². The fraction of sp³-hybridized carbons (Fsp3) is 0.240. The molecule has 2 atom stereocenters. The number of ether oxygens (including phenoxy) is 1. The number of carbonyl (C=O) groups excluding carboxylic acids is 1. The van der Waals surface area contributed by atoms with Gasteiger partial charge in [0.25, 0.3) is 5.91 Å². The summed E-state index contributed by atoms with van der Waals surface area (Å²) in [5.41, 5.74) is 2.39. The second-order valence-corrected chi connectivity index (χ2v) is 8.35. The van der Waals surface area contributed by atoms with Crippen molar-refractivity contribution < 1.29 is 14.6 Å². The molecule has 168 valence electrons. The SMILES string of the molecule is COc1cccc(CNCC(O)C(Cc2ccccc2)NC(=O)c2cc(Cl)cc(Cl)c2)c1. The van der Waals surface area contributed by atoms with Crippen LogP contribution in [0, 0.1) is 0 Å². The van der Waals surface area contributed by atoms with Crippen LogP contribution in [-0.4, -0.2) is 36.8 Å². The summed E-state index contributed by atoms with van der Waals surface area (Å²) in [7, 11) is 1.63. The molecule has 3 aromatic rings. The van der Waals surface area contributed by atoms with E-state index >= 15 is 0 Å². The van der Waals surface area contributed by atoms with Gasteiger partial charge in [0.15, 0.2) is 0 Å². The van der Waals surface area contributed by atoms with Gasteiger partial charge in [-0.2, -0.15) is 0 Å². The van der Waals surface area contributed by atoms with Crippen LogP contribution in [-0.2, 0) is 13.0 Å². The molecule has 32 heavy (non-hydrogen) atoms. The maximum Gasteiger partial charge on any atom is 0.251 e. The summed E-state index contributed by atoms with van der Waals surface area (Å²) in [5.74, 6) is 0.432. The van der Waals surface area contributed by atoms with Crippen molar-refractivity contribution in [3.05, 3.63) is 99.5 Å². The molecule has 3 rings (SSSR count). The average molecular weight is 473 g/mol. The summed E-state index contributed by atoms with van der Waals surface area (Å²) in [5, 5.41) is 17.8.